The number of aryl methyl sites for hydroxylation is 1. The minimum Gasteiger partial charge on any atom is -0.324 e. The SMILES string of the molecule is CCCc1nccn1-c1cc2c(cc1Br)C(NC)C(=O)N2. The first-order valence-corrected chi connectivity index (χ1v) is 7.79. The fourth-order valence-electron chi connectivity index (χ4n) is 2.70. The molecule has 0 radical (unpaired) electrons. The minimum absolute atomic E-state index is 0.0176. The topological polar surface area (TPSA) is 59.0 Å². The van der Waals surface area contributed by atoms with Crippen molar-refractivity contribution in [3.05, 3.63) is 40.4 Å². The lowest BCUT2D eigenvalue weighted by molar-refractivity contribution is -0.117. The first kappa shape index (κ1) is 14.3. The van der Waals surface area contributed by atoms with Crippen LogP contribution in [-0.2, 0) is 11.2 Å². The summed E-state index contributed by atoms with van der Waals surface area (Å²) in [5, 5.41) is 5.95. The van der Waals surface area contributed by atoms with Crippen molar-refractivity contribution in [1.29, 1.82) is 0 Å². The zero-order chi connectivity index (χ0) is 15.0. The van der Waals surface area contributed by atoms with E-state index in [4.69, 9.17) is 0 Å². The predicted octanol–water partition coefficient (Wildman–Crippen LogP) is 2.80. The lowest BCUT2D eigenvalue weighted by Gasteiger charge is -2.13. The van der Waals surface area contributed by atoms with Gasteiger partial charge in [-0.2, -0.15) is 0 Å². The maximum absolute atomic E-state index is 11.9. The largest absolute Gasteiger partial charge is 0.324 e. The molecule has 1 unspecified atom stereocenters. The van der Waals surface area contributed by atoms with Crippen molar-refractivity contribution in [2.24, 2.45) is 0 Å². The highest BCUT2D eigenvalue weighted by Gasteiger charge is 2.30. The number of benzene rings is 1. The highest BCUT2D eigenvalue weighted by Crippen LogP contribution is 2.36. The number of anilines is 1. The third-order valence-corrected chi connectivity index (χ3v) is 4.32. The molecule has 1 aromatic heterocycles. The molecule has 0 fully saturated rings. The van der Waals surface area contributed by atoms with Gasteiger partial charge in [0.25, 0.3) is 0 Å². The number of fused-ring (bicyclic) bond motifs is 1. The second kappa shape index (κ2) is 5.61. The molecule has 1 amide bonds. The molecule has 0 spiro atoms. The summed E-state index contributed by atoms with van der Waals surface area (Å²) in [7, 11) is 1.79. The second-order valence-corrected chi connectivity index (χ2v) is 5.92. The third kappa shape index (κ3) is 2.38. The molecule has 0 saturated carbocycles. The number of hydrogen-bond donors (Lipinski definition) is 2. The van der Waals surface area contributed by atoms with Crippen LogP contribution < -0.4 is 10.6 Å². The Labute approximate surface area is 131 Å². The monoisotopic (exact) mass is 348 g/mol. The van der Waals surface area contributed by atoms with Gasteiger partial charge in [-0.3, -0.25) is 4.79 Å². The number of rotatable bonds is 4. The van der Waals surface area contributed by atoms with Crippen molar-refractivity contribution in [2.45, 2.75) is 25.8 Å². The number of carbonyl (C=O) groups excluding carboxylic acids is 1. The Hall–Kier alpha value is -1.66. The molecule has 3 rings (SSSR count). The molecule has 5 nitrogen and oxygen atoms in total. The van der Waals surface area contributed by atoms with Gasteiger partial charge < -0.3 is 15.2 Å². The number of nitrogens with zero attached hydrogens (tertiary/aromatic N) is 2. The molecule has 1 aliphatic heterocycles. The molecule has 110 valence electrons. The van der Waals surface area contributed by atoms with E-state index in [0.717, 1.165) is 40.1 Å². The highest BCUT2D eigenvalue weighted by atomic mass is 79.9. The number of amides is 1. The van der Waals surface area contributed by atoms with Gasteiger partial charge in [-0.1, -0.05) is 6.92 Å². The maximum Gasteiger partial charge on any atom is 0.246 e. The standard InChI is InChI=1S/C15H17BrN4O/c1-3-4-13-18-5-6-20(13)12-8-11-9(7-10(12)16)14(17-2)15(21)19-11/h5-8,14,17H,3-4H2,1-2H3,(H,19,21). The van der Waals surface area contributed by atoms with Gasteiger partial charge in [0.05, 0.1) is 5.69 Å². The van der Waals surface area contributed by atoms with E-state index in [1.165, 1.54) is 0 Å². The summed E-state index contributed by atoms with van der Waals surface area (Å²) in [4.78, 5) is 16.3. The van der Waals surface area contributed by atoms with Crippen LogP contribution in [0.4, 0.5) is 5.69 Å². The number of hydrogen-bond acceptors (Lipinski definition) is 3. The molecular formula is C15H17BrN4O. The Morgan fingerprint density at radius 1 is 1.48 bits per heavy atom. The van der Waals surface area contributed by atoms with Gasteiger partial charge in [-0.15, -0.1) is 0 Å². The molecule has 2 N–H and O–H groups in total. The van der Waals surface area contributed by atoms with Crippen molar-refractivity contribution in [3.8, 4) is 5.69 Å². The number of imidazole rings is 1. The van der Waals surface area contributed by atoms with Gasteiger partial charge in [0.15, 0.2) is 0 Å². The summed E-state index contributed by atoms with van der Waals surface area (Å²) in [6.45, 7) is 2.13. The Balaban J connectivity index is 2.08. The van der Waals surface area contributed by atoms with Gasteiger partial charge in [-0.05, 0) is 41.5 Å². The number of likely N-dealkylation sites (N-methyl/N-ethyl adjacent to an activating group) is 1. The van der Waals surface area contributed by atoms with E-state index in [2.05, 4.69) is 43.0 Å². The minimum atomic E-state index is -0.289. The van der Waals surface area contributed by atoms with E-state index in [9.17, 15) is 4.79 Å². The van der Waals surface area contributed by atoms with Crippen LogP contribution in [0.5, 0.6) is 0 Å². The lowest BCUT2D eigenvalue weighted by atomic mass is 10.1. The molecule has 2 aromatic rings. The van der Waals surface area contributed by atoms with Crippen LogP contribution >= 0.6 is 15.9 Å². The molecule has 6 heteroatoms. The third-order valence-electron chi connectivity index (χ3n) is 3.69. The molecule has 0 saturated heterocycles. The van der Waals surface area contributed by atoms with Crippen molar-refractivity contribution in [2.75, 3.05) is 12.4 Å². The van der Waals surface area contributed by atoms with Crippen molar-refractivity contribution < 1.29 is 4.79 Å². The smallest absolute Gasteiger partial charge is 0.246 e. The van der Waals surface area contributed by atoms with E-state index in [0.29, 0.717) is 0 Å². The van der Waals surface area contributed by atoms with Gasteiger partial charge in [0.1, 0.15) is 11.9 Å². The van der Waals surface area contributed by atoms with Gasteiger partial charge in [0.2, 0.25) is 5.91 Å². The van der Waals surface area contributed by atoms with Gasteiger partial charge in [-0.25, -0.2) is 4.98 Å². The Bertz CT molecular complexity index is 695. The average Bonchev–Trinajstić information content (AvgIpc) is 3.02. The number of aromatic nitrogens is 2. The van der Waals surface area contributed by atoms with Crippen LogP contribution in [0.25, 0.3) is 5.69 Å². The van der Waals surface area contributed by atoms with Gasteiger partial charge in [0, 0.05) is 34.5 Å². The van der Waals surface area contributed by atoms with Crippen LogP contribution in [0, 0.1) is 0 Å². The average molecular weight is 349 g/mol. The van der Waals surface area contributed by atoms with Crippen LogP contribution in [0.3, 0.4) is 0 Å². The Morgan fingerprint density at radius 2 is 2.29 bits per heavy atom. The molecule has 1 atom stereocenters. The fraction of sp³-hybridized carbons (Fsp3) is 0.333. The summed E-state index contributed by atoms with van der Waals surface area (Å²) in [5.74, 6) is 1.00. The molecule has 0 bridgehead atoms. The molecule has 2 heterocycles. The Kier molecular flexibility index (Phi) is 3.82. The first-order valence-electron chi connectivity index (χ1n) is 7.00. The first-order chi connectivity index (χ1) is 10.2. The molecule has 1 aliphatic rings. The zero-order valence-electron chi connectivity index (χ0n) is 12.0. The second-order valence-electron chi connectivity index (χ2n) is 5.07. The normalized spacial score (nSPS) is 16.9. The van der Waals surface area contributed by atoms with Gasteiger partial charge >= 0.3 is 0 Å². The summed E-state index contributed by atoms with van der Waals surface area (Å²) in [6, 6.07) is 3.71. The maximum atomic E-state index is 11.9. The quantitative estimate of drug-likeness (QED) is 0.893. The van der Waals surface area contributed by atoms with Crippen LogP contribution in [-0.4, -0.2) is 22.5 Å². The summed E-state index contributed by atoms with van der Waals surface area (Å²) < 4.78 is 3.01. The predicted molar refractivity (Wildman–Crippen MR) is 85.7 cm³/mol. The number of carbonyl (C=O) groups is 1. The summed E-state index contributed by atoms with van der Waals surface area (Å²) >= 11 is 3.62. The van der Waals surface area contributed by atoms with Crippen LogP contribution in [0.2, 0.25) is 0 Å². The van der Waals surface area contributed by atoms with E-state index < -0.39 is 0 Å². The summed E-state index contributed by atoms with van der Waals surface area (Å²) in [6.07, 6.45) is 5.71. The lowest BCUT2D eigenvalue weighted by Crippen LogP contribution is -2.23. The molecule has 0 aliphatic carbocycles. The van der Waals surface area contributed by atoms with Crippen molar-refractivity contribution in [3.63, 3.8) is 0 Å². The van der Waals surface area contributed by atoms with Crippen molar-refractivity contribution in [1.82, 2.24) is 14.9 Å². The molecular weight excluding hydrogens is 332 g/mol. The molecule has 21 heavy (non-hydrogen) atoms. The fourth-order valence-corrected chi connectivity index (χ4v) is 3.26. The summed E-state index contributed by atoms with van der Waals surface area (Å²) in [5.41, 5.74) is 2.82. The molecule has 1 aromatic carbocycles. The Morgan fingerprint density at radius 3 is 3.00 bits per heavy atom. The number of nitrogens with one attached hydrogen (secondary N) is 2. The highest BCUT2D eigenvalue weighted by molar-refractivity contribution is 9.10. The zero-order valence-corrected chi connectivity index (χ0v) is 13.6. The van der Waals surface area contributed by atoms with E-state index in [1.807, 2.05) is 18.3 Å². The van der Waals surface area contributed by atoms with Crippen LogP contribution in [0.1, 0.15) is 30.8 Å². The van der Waals surface area contributed by atoms with E-state index in [1.54, 1.807) is 13.2 Å². The van der Waals surface area contributed by atoms with E-state index >= 15 is 0 Å². The van der Waals surface area contributed by atoms with Crippen molar-refractivity contribution >= 4 is 27.5 Å². The van der Waals surface area contributed by atoms with E-state index in [-0.39, 0.29) is 11.9 Å². The van der Waals surface area contributed by atoms with Crippen LogP contribution in [0.15, 0.2) is 29.0 Å². The number of halogens is 1.